The van der Waals surface area contributed by atoms with Crippen molar-refractivity contribution < 1.29 is 66.8 Å². The Balaban J connectivity index is 0.000000320. The molecule has 2 fully saturated rings. The number of piperidine rings is 2. The third-order valence-corrected chi connectivity index (χ3v) is 10.0. The average Bonchev–Trinajstić information content (AvgIpc) is 3.29. The lowest BCUT2D eigenvalue weighted by molar-refractivity contribution is -0.605. The fraction of sp³-hybridized carbons (Fsp3) is 0.442. The van der Waals surface area contributed by atoms with Crippen molar-refractivity contribution in [2.75, 3.05) is 26.2 Å². The molecule has 2 amide bonds. The maximum Gasteiger partial charge on any atom is 0.410 e. The van der Waals surface area contributed by atoms with Crippen molar-refractivity contribution in [3.05, 3.63) is 128 Å². The summed E-state index contributed by atoms with van der Waals surface area (Å²) in [6, 6.07) is 12.6. The summed E-state index contributed by atoms with van der Waals surface area (Å²) in [6.45, 7) is 19.7. The number of likely N-dealkylation sites (tertiary alicyclic amines) is 2. The van der Waals surface area contributed by atoms with E-state index in [2.05, 4.69) is 19.7 Å². The number of carbonyl (C=O) groups is 9. The first kappa shape index (κ1) is 61.9. The Morgan fingerprint density at radius 1 is 0.689 bits per heavy atom. The molecule has 2 saturated heterocycles. The summed E-state index contributed by atoms with van der Waals surface area (Å²) in [6.07, 6.45) is 8.96. The molecule has 0 saturated carbocycles. The summed E-state index contributed by atoms with van der Waals surface area (Å²) in [5, 5.41) is 10.6. The molecule has 4 aromatic rings. The van der Waals surface area contributed by atoms with E-state index < -0.39 is 28.7 Å². The molecule has 7 rings (SSSR count). The van der Waals surface area contributed by atoms with Gasteiger partial charge in [0.15, 0.2) is 35.5 Å². The van der Waals surface area contributed by atoms with Crippen LogP contribution in [0.15, 0.2) is 89.1 Å². The van der Waals surface area contributed by atoms with Gasteiger partial charge in [0, 0.05) is 102 Å². The Morgan fingerprint density at radius 3 is 1.66 bits per heavy atom. The van der Waals surface area contributed by atoms with Crippen LogP contribution in [0.2, 0.25) is 0 Å². The van der Waals surface area contributed by atoms with Crippen LogP contribution in [-0.2, 0) is 28.6 Å². The van der Waals surface area contributed by atoms with Crippen LogP contribution in [0.5, 0.6) is 5.88 Å². The number of carbonyl (C=O) groups excluding carboxylic acids is 9. The number of ether oxygens (including phenoxy) is 4. The van der Waals surface area contributed by atoms with Gasteiger partial charge in [0.2, 0.25) is 11.4 Å². The number of aromatic nitrogens is 4. The van der Waals surface area contributed by atoms with Crippen LogP contribution in [0.4, 0.5) is 9.59 Å². The first-order valence-electron chi connectivity index (χ1n) is 23.3. The van der Waals surface area contributed by atoms with Gasteiger partial charge >= 0.3 is 24.1 Å². The number of hydrogen-bond acceptors (Lipinski definition) is 17. The summed E-state index contributed by atoms with van der Waals surface area (Å²) in [4.78, 5) is 132. The second-order valence-corrected chi connectivity index (χ2v) is 18.8. The van der Waals surface area contributed by atoms with Gasteiger partial charge in [-0.15, -0.1) is 0 Å². The lowest BCUT2D eigenvalue weighted by atomic mass is 9.83. The van der Waals surface area contributed by atoms with Crippen LogP contribution in [0.25, 0.3) is 0 Å². The van der Waals surface area contributed by atoms with Crippen LogP contribution < -0.4 is 20.6 Å². The van der Waals surface area contributed by atoms with Gasteiger partial charge in [-0.1, -0.05) is 0 Å². The summed E-state index contributed by atoms with van der Waals surface area (Å²) in [5.41, 5.74) is -0.297. The highest BCUT2D eigenvalue weighted by Crippen LogP contribution is 2.38. The van der Waals surface area contributed by atoms with E-state index in [0.717, 1.165) is 0 Å². The highest BCUT2D eigenvalue weighted by Gasteiger charge is 2.44. The zero-order valence-electron chi connectivity index (χ0n) is 43.7. The number of Topliss-reactive ketones (excluding diaryl/α,β-unsaturated/α-hetero) is 5. The number of fused-ring (bicyclic) bond motifs is 1. The van der Waals surface area contributed by atoms with E-state index in [1.165, 1.54) is 77.6 Å². The molecule has 3 aliphatic rings. The second-order valence-electron chi connectivity index (χ2n) is 18.8. The second kappa shape index (κ2) is 28.8. The number of pyridine rings is 4. The van der Waals surface area contributed by atoms with Crippen molar-refractivity contribution in [2.45, 2.75) is 125 Å². The van der Waals surface area contributed by atoms with E-state index in [1.54, 1.807) is 46.3 Å². The predicted octanol–water partition coefficient (Wildman–Crippen LogP) is 6.18. The Hall–Kier alpha value is -8.17. The van der Waals surface area contributed by atoms with Crippen molar-refractivity contribution >= 4 is 53.0 Å². The maximum atomic E-state index is 12.3. The van der Waals surface area contributed by atoms with Gasteiger partial charge < -0.3 is 43.9 Å². The largest absolute Gasteiger partial charge is 0.619 e. The maximum absolute atomic E-state index is 12.3. The van der Waals surface area contributed by atoms with Crippen molar-refractivity contribution in [3.63, 3.8) is 0 Å². The average molecular weight is 1030 g/mol. The van der Waals surface area contributed by atoms with Crippen LogP contribution in [0.3, 0.4) is 0 Å². The normalized spacial score (nSPS) is 14.1. The number of amides is 2. The molecule has 0 unspecified atom stereocenters. The minimum Gasteiger partial charge on any atom is -0.619 e. The van der Waals surface area contributed by atoms with E-state index in [-0.39, 0.29) is 57.8 Å². The third-order valence-electron chi connectivity index (χ3n) is 10.0. The predicted molar refractivity (Wildman–Crippen MR) is 268 cm³/mol. The van der Waals surface area contributed by atoms with Gasteiger partial charge in [-0.25, -0.2) is 14.6 Å². The third kappa shape index (κ3) is 23.4. The van der Waals surface area contributed by atoms with E-state index in [1.807, 2.05) is 41.5 Å². The summed E-state index contributed by atoms with van der Waals surface area (Å²) in [5.74, 6) is -0.771. The zero-order chi connectivity index (χ0) is 56.0. The lowest BCUT2D eigenvalue weighted by Crippen LogP contribution is -2.53. The number of esters is 2. The first-order valence-corrected chi connectivity index (χ1v) is 23.3. The van der Waals surface area contributed by atoms with Gasteiger partial charge in [-0.2, -0.15) is 4.73 Å². The molecule has 0 aromatic carbocycles. The Labute approximate surface area is 428 Å². The Morgan fingerprint density at radius 2 is 1.24 bits per heavy atom. The molecule has 7 heterocycles. The number of H-pyrrole nitrogens is 2. The highest BCUT2D eigenvalue weighted by atomic mass is 16.6. The van der Waals surface area contributed by atoms with Crippen molar-refractivity contribution in [1.29, 1.82) is 0 Å². The Kier molecular flexibility index (Phi) is 24.1. The van der Waals surface area contributed by atoms with Crippen LogP contribution >= 0.6 is 0 Å². The number of nitrogens with zero attached hydrogens (tertiary/aromatic N) is 4. The van der Waals surface area contributed by atoms with Crippen LogP contribution in [-0.4, -0.2) is 121 Å². The molecule has 0 bridgehead atoms. The SMILES string of the molecule is CC(=O)OC(C)=O.CC(=O)c1ccc(=O)[nH]c1.CC(=O)c1ccc[n+]([O-])c1.CC(=O)c1ccc[nH]c1=O.CC(C)(C)OC(=O)N1CCC(=O)CC1.CC(C)(C)OC(=O)N1CCC2(CC1)CC(=O)c1cccnc1O2. The molecular weight excluding hydrogens is 965 g/mol. The quantitative estimate of drug-likeness (QED) is 0.0578. The molecule has 0 aliphatic carbocycles. The molecule has 22 nitrogen and oxygen atoms in total. The van der Waals surface area contributed by atoms with Crippen molar-refractivity contribution in [2.24, 2.45) is 0 Å². The van der Waals surface area contributed by atoms with Gasteiger partial charge in [-0.3, -0.25) is 43.2 Å². The summed E-state index contributed by atoms with van der Waals surface area (Å²) >= 11 is 0. The smallest absolute Gasteiger partial charge is 0.410 e. The van der Waals surface area contributed by atoms with E-state index in [4.69, 9.17) is 14.2 Å². The Bertz CT molecular complexity index is 2700. The molecule has 22 heteroatoms. The van der Waals surface area contributed by atoms with Gasteiger partial charge in [0.25, 0.3) is 5.56 Å². The number of nitrogens with one attached hydrogen (secondary N) is 2. The molecular formula is C52H66N6O16. The first-order chi connectivity index (χ1) is 34.4. The molecule has 1 spiro atoms. The minimum absolute atomic E-state index is 0.0451. The molecule has 0 atom stereocenters. The number of rotatable bonds is 3. The van der Waals surface area contributed by atoms with E-state index in [9.17, 15) is 57.9 Å². The van der Waals surface area contributed by atoms with Crippen LogP contribution in [0.1, 0.15) is 150 Å². The van der Waals surface area contributed by atoms with E-state index >= 15 is 0 Å². The molecule has 3 aliphatic heterocycles. The fourth-order valence-electron chi connectivity index (χ4n) is 6.47. The monoisotopic (exact) mass is 1030 g/mol. The van der Waals surface area contributed by atoms with E-state index in [0.29, 0.717) is 85.6 Å². The summed E-state index contributed by atoms with van der Waals surface area (Å²) < 4.78 is 21.2. The zero-order valence-corrected chi connectivity index (χ0v) is 43.7. The number of ketones is 5. The van der Waals surface area contributed by atoms with Crippen molar-refractivity contribution in [1.82, 2.24) is 24.8 Å². The van der Waals surface area contributed by atoms with Crippen molar-refractivity contribution in [3.8, 4) is 5.88 Å². The number of hydrogen-bond donors (Lipinski definition) is 2. The number of aromatic amines is 2. The standard InChI is InChI=1S/C17H22N2O4.C10H17NO3.3C7H7NO2.C4H6O3/c1-16(2,3)23-15(21)19-9-6-17(7-10-19)11-13(20)12-5-4-8-18-14(12)22-17;1-10(2,3)14-9(13)11-6-4-8(12)5-7-11;1-5(9)6-2-3-7(10)8-4-6;1-6(9)7-3-2-4-8(10)5-7;1-5(9)6-3-2-4-8-7(6)10;1-3(5)7-4(2)6/h4-5,8H,6-7,9-11H2,1-3H3;4-7H2,1-3H3;2-4H,1H3,(H,8,10);2-5H,1H3;2-4H,1H3,(H,8,10);1-2H3. The summed E-state index contributed by atoms with van der Waals surface area (Å²) in [7, 11) is 0. The molecule has 74 heavy (non-hydrogen) atoms. The minimum atomic E-state index is -0.562. The topological polar surface area (TPSA) is 303 Å². The van der Waals surface area contributed by atoms with Crippen LogP contribution in [0, 0.1) is 5.21 Å². The van der Waals surface area contributed by atoms with Gasteiger partial charge in [-0.05, 0) is 98.7 Å². The van der Waals surface area contributed by atoms with Gasteiger partial charge in [0.05, 0.1) is 23.1 Å². The molecule has 0 radical (unpaired) electrons. The fourth-order valence-corrected chi connectivity index (χ4v) is 6.47. The molecule has 4 aromatic heterocycles. The molecule has 400 valence electrons. The lowest BCUT2D eigenvalue weighted by Gasteiger charge is -2.43. The van der Waals surface area contributed by atoms with Gasteiger partial charge in [0.1, 0.15) is 22.6 Å². The highest BCUT2D eigenvalue weighted by molar-refractivity contribution is 6.00. The molecule has 2 N–H and O–H groups in total.